The van der Waals surface area contributed by atoms with E-state index in [1.165, 1.54) is 6.92 Å². The molecule has 0 radical (unpaired) electrons. The largest absolute Gasteiger partial charge is 0.345 e. The average Bonchev–Trinajstić information content (AvgIpc) is 2.77. The molecule has 4 heteroatoms. The van der Waals surface area contributed by atoms with Gasteiger partial charge in [-0.15, -0.1) is 0 Å². The summed E-state index contributed by atoms with van der Waals surface area (Å²) in [6.07, 6.45) is 0.871. The molecule has 4 nitrogen and oxygen atoms in total. The van der Waals surface area contributed by atoms with Crippen molar-refractivity contribution in [2.45, 2.75) is 20.3 Å². The summed E-state index contributed by atoms with van der Waals surface area (Å²) in [6.45, 7) is 4.14. The van der Waals surface area contributed by atoms with Crippen LogP contribution in [0.15, 0.2) is 18.2 Å². The first-order valence-corrected chi connectivity index (χ1v) is 6.22. The normalized spacial score (nSPS) is 12.4. The second-order valence-electron chi connectivity index (χ2n) is 4.48. The molecular formula is C15H16N2O2. The van der Waals surface area contributed by atoms with Crippen LogP contribution in [0.25, 0.3) is 0 Å². The fourth-order valence-electron chi connectivity index (χ4n) is 2.12. The fourth-order valence-corrected chi connectivity index (χ4v) is 2.12. The van der Waals surface area contributed by atoms with Gasteiger partial charge >= 0.3 is 0 Å². The fraction of sp³-hybridized carbons (Fsp3) is 0.333. The monoisotopic (exact) mass is 256 g/mol. The second kappa shape index (κ2) is 5.57. The van der Waals surface area contributed by atoms with Gasteiger partial charge in [-0.3, -0.25) is 9.59 Å². The van der Waals surface area contributed by atoms with Crippen LogP contribution >= 0.6 is 0 Å². The molecule has 1 aliphatic rings. The van der Waals surface area contributed by atoms with Gasteiger partial charge in [0.15, 0.2) is 0 Å². The molecule has 98 valence electrons. The summed E-state index contributed by atoms with van der Waals surface area (Å²) in [7, 11) is 0. The van der Waals surface area contributed by atoms with E-state index in [-0.39, 0.29) is 11.8 Å². The zero-order valence-electron chi connectivity index (χ0n) is 11.1. The maximum Gasteiger partial charge on any atom is 0.223 e. The van der Waals surface area contributed by atoms with Crippen LogP contribution in [0.3, 0.4) is 0 Å². The molecular weight excluding hydrogens is 240 g/mol. The van der Waals surface area contributed by atoms with E-state index in [9.17, 15) is 9.59 Å². The number of nitrogens with zero attached hydrogens (tertiary/aromatic N) is 1. The lowest BCUT2D eigenvalue weighted by Crippen LogP contribution is -2.25. The van der Waals surface area contributed by atoms with Crippen molar-refractivity contribution in [2.75, 3.05) is 18.0 Å². The van der Waals surface area contributed by atoms with E-state index in [1.54, 1.807) is 11.8 Å². The number of nitrogens with one attached hydrogen (secondary N) is 1. The van der Waals surface area contributed by atoms with Crippen LogP contribution in [0.1, 0.15) is 25.0 Å². The van der Waals surface area contributed by atoms with Gasteiger partial charge in [0.1, 0.15) is 0 Å². The topological polar surface area (TPSA) is 49.4 Å². The molecule has 2 amide bonds. The third-order valence-electron chi connectivity index (χ3n) is 3.01. The van der Waals surface area contributed by atoms with Gasteiger partial charge in [-0.05, 0) is 30.2 Å². The number of benzene rings is 1. The zero-order valence-corrected chi connectivity index (χ0v) is 11.1. The highest BCUT2D eigenvalue weighted by molar-refractivity contribution is 5.93. The minimum absolute atomic E-state index is 0.0724. The molecule has 0 saturated heterocycles. The number of anilines is 1. The van der Waals surface area contributed by atoms with Crippen LogP contribution in [0.4, 0.5) is 5.69 Å². The summed E-state index contributed by atoms with van der Waals surface area (Å²) < 4.78 is 0. The Hall–Kier alpha value is -2.28. The molecule has 1 N–H and O–H groups in total. The predicted molar refractivity (Wildman–Crippen MR) is 73.7 cm³/mol. The van der Waals surface area contributed by atoms with Gasteiger partial charge < -0.3 is 10.2 Å². The smallest absolute Gasteiger partial charge is 0.223 e. The zero-order chi connectivity index (χ0) is 13.8. The Labute approximate surface area is 112 Å². The van der Waals surface area contributed by atoms with Crippen molar-refractivity contribution in [3.05, 3.63) is 29.3 Å². The Bertz CT molecular complexity index is 582. The number of carbonyl (C=O) groups excluding carboxylic acids is 2. The molecule has 0 spiro atoms. The van der Waals surface area contributed by atoms with E-state index in [0.29, 0.717) is 6.54 Å². The highest BCUT2D eigenvalue weighted by Gasteiger charge is 2.21. The maximum absolute atomic E-state index is 11.4. The van der Waals surface area contributed by atoms with E-state index in [2.05, 4.69) is 17.2 Å². The van der Waals surface area contributed by atoms with Crippen LogP contribution in [-0.4, -0.2) is 24.9 Å². The Morgan fingerprint density at radius 2 is 2.16 bits per heavy atom. The molecule has 2 rings (SSSR count). The Morgan fingerprint density at radius 3 is 2.84 bits per heavy atom. The lowest BCUT2D eigenvalue weighted by Gasteiger charge is -2.14. The van der Waals surface area contributed by atoms with E-state index in [4.69, 9.17) is 0 Å². The standard InChI is InChI=1S/C15H16N2O2/c1-11(18)16-8-3-4-13-5-6-15-14(10-13)7-9-17(15)12(2)19/h5-6,10H,7-9H2,1-2H3,(H,16,18). The predicted octanol–water partition coefficient (Wildman–Crippen LogP) is 1.08. The van der Waals surface area contributed by atoms with Crippen LogP contribution < -0.4 is 10.2 Å². The van der Waals surface area contributed by atoms with E-state index < -0.39 is 0 Å². The minimum Gasteiger partial charge on any atom is -0.345 e. The summed E-state index contributed by atoms with van der Waals surface area (Å²) in [6, 6.07) is 5.85. The van der Waals surface area contributed by atoms with E-state index >= 15 is 0 Å². The van der Waals surface area contributed by atoms with Crippen molar-refractivity contribution in [1.82, 2.24) is 5.32 Å². The number of carbonyl (C=O) groups is 2. The number of fused-ring (bicyclic) bond motifs is 1. The van der Waals surface area contributed by atoms with Crippen molar-refractivity contribution in [3.63, 3.8) is 0 Å². The first-order valence-electron chi connectivity index (χ1n) is 6.22. The number of hydrogen-bond acceptors (Lipinski definition) is 2. The first kappa shape index (κ1) is 13.2. The molecule has 1 heterocycles. The third kappa shape index (κ3) is 3.14. The van der Waals surface area contributed by atoms with Gasteiger partial charge in [0, 0.05) is 31.6 Å². The molecule has 0 aromatic heterocycles. The van der Waals surface area contributed by atoms with Gasteiger partial charge in [-0.25, -0.2) is 0 Å². The summed E-state index contributed by atoms with van der Waals surface area (Å²) in [5, 5.41) is 2.62. The van der Waals surface area contributed by atoms with E-state index in [0.717, 1.165) is 29.8 Å². The van der Waals surface area contributed by atoms with Crippen LogP contribution in [0.5, 0.6) is 0 Å². The summed E-state index contributed by atoms with van der Waals surface area (Å²) >= 11 is 0. The van der Waals surface area contributed by atoms with Crippen molar-refractivity contribution < 1.29 is 9.59 Å². The third-order valence-corrected chi connectivity index (χ3v) is 3.01. The number of amides is 2. The molecule has 0 saturated carbocycles. The molecule has 0 fully saturated rings. The Morgan fingerprint density at radius 1 is 1.37 bits per heavy atom. The van der Waals surface area contributed by atoms with Gasteiger partial charge in [0.25, 0.3) is 0 Å². The van der Waals surface area contributed by atoms with Gasteiger partial charge in [-0.2, -0.15) is 0 Å². The summed E-state index contributed by atoms with van der Waals surface area (Å²) in [4.78, 5) is 23.9. The Kier molecular flexibility index (Phi) is 3.86. The van der Waals surface area contributed by atoms with Crippen molar-refractivity contribution in [1.29, 1.82) is 0 Å². The molecule has 1 aromatic rings. The van der Waals surface area contributed by atoms with Gasteiger partial charge in [0.2, 0.25) is 11.8 Å². The quantitative estimate of drug-likeness (QED) is 0.764. The Balaban J connectivity index is 2.10. The molecule has 19 heavy (non-hydrogen) atoms. The van der Waals surface area contributed by atoms with Crippen molar-refractivity contribution >= 4 is 17.5 Å². The highest BCUT2D eigenvalue weighted by Crippen LogP contribution is 2.28. The number of hydrogen-bond donors (Lipinski definition) is 1. The lowest BCUT2D eigenvalue weighted by molar-refractivity contribution is -0.119. The van der Waals surface area contributed by atoms with Crippen molar-refractivity contribution in [3.8, 4) is 11.8 Å². The average molecular weight is 256 g/mol. The molecule has 0 aliphatic carbocycles. The molecule has 0 unspecified atom stereocenters. The first-order chi connectivity index (χ1) is 9.08. The van der Waals surface area contributed by atoms with Crippen LogP contribution in [-0.2, 0) is 16.0 Å². The summed E-state index contributed by atoms with van der Waals surface area (Å²) in [5.41, 5.74) is 3.05. The van der Waals surface area contributed by atoms with Crippen molar-refractivity contribution in [2.24, 2.45) is 0 Å². The number of rotatable bonds is 1. The van der Waals surface area contributed by atoms with Gasteiger partial charge in [0.05, 0.1) is 6.54 Å². The van der Waals surface area contributed by atoms with Crippen LogP contribution in [0.2, 0.25) is 0 Å². The molecule has 0 bridgehead atoms. The SMILES string of the molecule is CC(=O)NCC#Cc1ccc2c(c1)CCN2C(C)=O. The summed E-state index contributed by atoms with van der Waals surface area (Å²) in [5.74, 6) is 5.89. The molecule has 0 atom stereocenters. The molecule has 1 aromatic carbocycles. The van der Waals surface area contributed by atoms with Gasteiger partial charge in [-0.1, -0.05) is 11.8 Å². The highest BCUT2D eigenvalue weighted by atomic mass is 16.2. The minimum atomic E-state index is -0.0830. The second-order valence-corrected chi connectivity index (χ2v) is 4.48. The maximum atomic E-state index is 11.4. The van der Waals surface area contributed by atoms with Crippen LogP contribution in [0, 0.1) is 11.8 Å². The lowest BCUT2D eigenvalue weighted by atomic mass is 10.1. The molecule has 1 aliphatic heterocycles. The van der Waals surface area contributed by atoms with E-state index in [1.807, 2.05) is 18.2 Å².